The molecule has 0 fully saturated rings. The van der Waals surface area contributed by atoms with Crippen LogP contribution < -0.4 is 28.4 Å². The van der Waals surface area contributed by atoms with Crippen LogP contribution in [-0.2, 0) is 18.0 Å². The van der Waals surface area contributed by atoms with Gasteiger partial charge in [0.2, 0.25) is 0 Å². The highest BCUT2D eigenvalue weighted by Crippen LogP contribution is 2.30. The average Bonchev–Trinajstić information content (AvgIpc) is 3.26. The van der Waals surface area contributed by atoms with E-state index in [-0.39, 0.29) is 13.2 Å². The Kier molecular flexibility index (Phi) is 27.4. The molecular formula is C52H80O8. The van der Waals surface area contributed by atoms with Gasteiger partial charge < -0.3 is 33.2 Å². The Morgan fingerprint density at radius 2 is 0.617 bits per heavy atom. The van der Waals surface area contributed by atoms with E-state index in [2.05, 4.69) is 27.7 Å². The van der Waals surface area contributed by atoms with Crippen molar-refractivity contribution in [3.05, 3.63) is 71.3 Å². The van der Waals surface area contributed by atoms with E-state index in [1.807, 2.05) is 42.5 Å². The normalized spacial score (nSPS) is 11.0. The zero-order chi connectivity index (χ0) is 42.9. The first kappa shape index (κ1) is 50.3. The maximum atomic E-state index is 12.8. The van der Waals surface area contributed by atoms with Crippen LogP contribution in [0.3, 0.4) is 0 Å². The lowest BCUT2D eigenvalue weighted by Gasteiger charge is -2.15. The van der Waals surface area contributed by atoms with Crippen LogP contribution in [0.25, 0.3) is 0 Å². The highest BCUT2D eigenvalue weighted by atomic mass is 16.5. The molecule has 0 aliphatic rings. The van der Waals surface area contributed by atoms with Crippen LogP contribution in [0.15, 0.2) is 54.6 Å². The molecule has 8 heteroatoms. The summed E-state index contributed by atoms with van der Waals surface area (Å²) in [6.45, 7) is 12.1. The number of benzene rings is 3. The van der Waals surface area contributed by atoms with Crippen LogP contribution >= 0.6 is 0 Å². The number of ether oxygens (including phenoxy) is 7. The number of esters is 1. The highest BCUT2D eigenvalue weighted by molar-refractivity contribution is 5.90. The monoisotopic (exact) mass is 833 g/mol. The molecule has 0 aliphatic carbocycles. The molecule has 3 aromatic rings. The molecule has 0 saturated carbocycles. The van der Waals surface area contributed by atoms with E-state index < -0.39 is 5.97 Å². The van der Waals surface area contributed by atoms with Gasteiger partial charge in [-0.25, -0.2) is 4.79 Å². The second-order valence-corrected chi connectivity index (χ2v) is 16.1. The molecule has 0 radical (unpaired) electrons. The fraction of sp³-hybridized carbons (Fsp3) is 0.635. The van der Waals surface area contributed by atoms with Gasteiger partial charge in [-0.3, -0.25) is 0 Å². The lowest BCUT2D eigenvalue weighted by atomic mass is 10.1. The predicted octanol–water partition coefficient (Wildman–Crippen LogP) is 14.8. The van der Waals surface area contributed by atoms with Crippen molar-refractivity contribution < 1.29 is 38.0 Å². The van der Waals surface area contributed by atoms with Crippen LogP contribution in [0, 0.1) is 0 Å². The molecular weight excluding hydrogens is 753 g/mol. The predicted molar refractivity (Wildman–Crippen MR) is 246 cm³/mol. The minimum Gasteiger partial charge on any atom is -0.493 e. The molecule has 0 saturated heterocycles. The van der Waals surface area contributed by atoms with E-state index in [1.165, 1.54) is 97.0 Å². The van der Waals surface area contributed by atoms with Gasteiger partial charge in [0, 0.05) is 18.2 Å². The van der Waals surface area contributed by atoms with Gasteiger partial charge in [-0.1, -0.05) is 143 Å². The molecule has 0 atom stereocenters. The molecule has 0 unspecified atom stereocenters. The van der Waals surface area contributed by atoms with Crippen molar-refractivity contribution in [2.75, 3.05) is 33.5 Å². The van der Waals surface area contributed by atoms with E-state index in [4.69, 9.17) is 33.2 Å². The van der Waals surface area contributed by atoms with Gasteiger partial charge in [0.25, 0.3) is 0 Å². The number of hydrogen-bond donors (Lipinski definition) is 0. The zero-order valence-corrected chi connectivity index (χ0v) is 38.3. The number of hydrogen-bond acceptors (Lipinski definition) is 8. The maximum Gasteiger partial charge on any atom is 0.338 e. The fourth-order valence-electron chi connectivity index (χ4n) is 7.00. The molecule has 0 N–H and O–H groups in total. The summed E-state index contributed by atoms with van der Waals surface area (Å²) in [5.74, 6) is 3.61. The van der Waals surface area contributed by atoms with E-state index in [1.54, 1.807) is 12.1 Å². The van der Waals surface area contributed by atoms with Crippen LogP contribution in [0.2, 0.25) is 0 Å². The summed E-state index contributed by atoms with van der Waals surface area (Å²) in [6, 6.07) is 17.2. The summed E-state index contributed by atoms with van der Waals surface area (Å²) in [7, 11) is 1.38. The van der Waals surface area contributed by atoms with Crippen molar-refractivity contribution in [3.8, 4) is 34.5 Å². The first-order valence-corrected chi connectivity index (χ1v) is 23.8. The standard InChI is InChI=1S/C52H80O8/c1-6-10-14-18-22-26-30-57-48-34-44(35-49(39-48)58-31-27-23-19-15-11-7-2)42-60-51-37-45(52(53)54-5)36-50(40-51)59-41-43-32-46(55-28-24-20-16-12-8-3)38-47(33-43)56-29-25-21-17-13-9-4/h32-40H,6-31,41-42H2,1-5H3. The fourth-order valence-corrected chi connectivity index (χ4v) is 7.00. The maximum absolute atomic E-state index is 12.8. The first-order valence-electron chi connectivity index (χ1n) is 23.8. The van der Waals surface area contributed by atoms with E-state index >= 15 is 0 Å². The Bertz CT molecular complexity index is 1480. The van der Waals surface area contributed by atoms with Gasteiger partial charge in [0.05, 0.1) is 39.1 Å². The van der Waals surface area contributed by atoms with Crippen LogP contribution in [-0.4, -0.2) is 39.5 Å². The second-order valence-electron chi connectivity index (χ2n) is 16.1. The van der Waals surface area contributed by atoms with Gasteiger partial charge in [0.1, 0.15) is 47.7 Å². The third-order valence-electron chi connectivity index (χ3n) is 10.6. The Morgan fingerprint density at radius 1 is 0.350 bits per heavy atom. The van der Waals surface area contributed by atoms with Crippen molar-refractivity contribution >= 4 is 5.97 Å². The van der Waals surface area contributed by atoms with Gasteiger partial charge >= 0.3 is 5.97 Å². The quantitative estimate of drug-likeness (QED) is 0.0420. The van der Waals surface area contributed by atoms with Crippen molar-refractivity contribution in [1.82, 2.24) is 0 Å². The SMILES string of the molecule is CCCCCCCCOc1cc(COc2cc(OCc3cc(OCCCCCCC)cc(OCCCCCCC)c3)cc(C(=O)OC)c2)cc(OCCCCCCCC)c1. The summed E-state index contributed by atoms with van der Waals surface area (Å²) < 4.78 is 42.7. The lowest BCUT2D eigenvalue weighted by molar-refractivity contribution is 0.0599. The number of carbonyl (C=O) groups is 1. The molecule has 0 aliphatic heterocycles. The molecule has 0 bridgehead atoms. The summed E-state index contributed by atoms with van der Waals surface area (Å²) in [4.78, 5) is 12.8. The van der Waals surface area contributed by atoms with Crippen LogP contribution in [0.5, 0.6) is 34.5 Å². The van der Waals surface area contributed by atoms with Gasteiger partial charge in [-0.2, -0.15) is 0 Å². The number of methoxy groups -OCH3 is 1. The van der Waals surface area contributed by atoms with E-state index in [0.29, 0.717) is 43.5 Å². The Morgan fingerprint density at radius 3 is 0.900 bits per heavy atom. The Hall–Kier alpha value is -4.07. The van der Waals surface area contributed by atoms with E-state index in [9.17, 15) is 4.79 Å². The third-order valence-corrected chi connectivity index (χ3v) is 10.6. The molecule has 336 valence electrons. The minimum absolute atomic E-state index is 0.252. The first-order chi connectivity index (χ1) is 29.5. The second kappa shape index (κ2) is 32.7. The third kappa shape index (κ3) is 22.5. The zero-order valence-electron chi connectivity index (χ0n) is 38.3. The highest BCUT2D eigenvalue weighted by Gasteiger charge is 2.13. The van der Waals surface area contributed by atoms with Crippen molar-refractivity contribution in [2.45, 2.75) is 182 Å². The molecule has 60 heavy (non-hydrogen) atoms. The van der Waals surface area contributed by atoms with Crippen LogP contribution in [0.4, 0.5) is 0 Å². The summed E-state index contributed by atoms with van der Waals surface area (Å²) in [6.07, 6.45) is 26.2. The van der Waals surface area contributed by atoms with Crippen molar-refractivity contribution in [3.63, 3.8) is 0 Å². The largest absolute Gasteiger partial charge is 0.493 e. The summed E-state index contributed by atoms with van der Waals surface area (Å²) >= 11 is 0. The van der Waals surface area contributed by atoms with Gasteiger partial charge in [0.15, 0.2) is 0 Å². The molecule has 8 nitrogen and oxygen atoms in total. The molecule has 3 rings (SSSR count). The minimum atomic E-state index is -0.468. The topological polar surface area (TPSA) is 81.7 Å². The lowest BCUT2D eigenvalue weighted by Crippen LogP contribution is -2.06. The average molecular weight is 833 g/mol. The molecule has 0 aromatic heterocycles. The number of rotatable bonds is 37. The molecule has 0 heterocycles. The number of carbonyl (C=O) groups excluding carboxylic acids is 1. The van der Waals surface area contributed by atoms with Gasteiger partial charge in [-0.05, 0) is 73.2 Å². The van der Waals surface area contributed by atoms with Crippen molar-refractivity contribution in [1.29, 1.82) is 0 Å². The smallest absolute Gasteiger partial charge is 0.338 e. The molecule has 0 spiro atoms. The Labute approximate surface area is 364 Å². The molecule has 0 amide bonds. The van der Waals surface area contributed by atoms with Crippen molar-refractivity contribution in [2.24, 2.45) is 0 Å². The van der Waals surface area contributed by atoms with E-state index in [0.717, 1.165) is 85.5 Å². The summed E-state index contributed by atoms with van der Waals surface area (Å²) in [5.41, 5.74) is 2.17. The Balaban J connectivity index is 1.72. The summed E-state index contributed by atoms with van der Waals surface area (Å²) in [5, 5.41) is 0. The van der Waals surface area contributed by atoms with Crippen LogP contribution in [0.1, 0.15) is 190 Å². The molecule has 3 aromatic carbocycles. The number of unbranched alkanes of at least 4 members (excludes halogenated alkanes) is 18. The van der Waals surface area contributed by atoms with Gasteiger partial charge in [-0.15, -0.1) is 0 Å².